The average molecular weight is 277 g/mol. The Morgan fingerprint density at radius 2 is 1.95 bits per heavy atom. The van der Waals surface area contributed by atoms with Crippen LogP contribution in [0.25, 0.3) is 0 Å². The monoisotopic (exact) mass is 277 g/mol. The molecule has 3 rings (SSSR count). The van der Waals surface area contributed by atoms with Gasteiger partial charge in [-0.3, -0.25) is 4.90 Å². The van der Waals surface area contributed by atoms with Crippen LogP contribution in [0.4, 0.5) is 4.39 Å². The third-order valence-corrected chi connectivity index (χ3v) is 4.44. The highest BCUT2D eigenvalue weighted by atomic mass is 19.1. The van der Waals surface area contributed by atoms with Crippen LogP contribution in [0.2, 0.25) is 0 Å². The Bertz CT molecular complexity index is 423. The Hall–Kier alpha value is -0.970. The van der Waals surface area contributed by atoms with Gasteiger partial charge in [0.25, 0.3) is 0 Å². The molecule has 0 amide bonds. The molecule has 2 aliphatic heterocycles. The Labute approximate surface area is 120 Å². The first-order chi connectivity index (χ1) is 9.79. The maximum Gasteiger partial charge on any atom is 0.123 e. The molecule has 2 aliphatic rings. The number of nitrogens with zero attached hydrogens (tertiary/aromatic N) is 2. The summed E-state index contributed by atoms with van der Waals surface area (Å²) in [5.74, 6) is 0.708. The zero-order valence-corrected chi connectivity index (χ0v) is 12.0. The molecular formula is C16H24FN3. The van der Waals surface area contributed by atoms with Gasteiger partial charge in [0.1, 0.15) is 5.82 Å². The van der Waals surface area contributed by atoms with Gasteiger partial charge in [0.2, 0.25) is 0 Å². The molecule has 1 aromatic carbocycles. The largest absolute Gasteiger partial charge is 0.316 e. The fraction of sp³-hybridized carbons (Fsp3) is 0.625. The predicted molar refractivity (Wildman–Crippen MR) is 79.1 cm³/mol. The summed E-state index contributed by atoms with van der Waals surface area (Å²) in [6, 6.07) is 6.97. The lowest BCUT2D eigenvalue weighted by molar-refractivity contribution is 0.115. The van der Waals surface area contributed by atoms with E-state index in [9.17, 15) is 4.39 Å². The molecule has 2 heterocycles. The second-order valence-electron chi connectivity index (χ2n) is 6.07. The Morgan fingerprint density at radius 1 is 1.15 bits per heavy atom. The molecule has 1 atom stereocenters. The number of nitrogens with one attached hydrogen (secondary N) is 1. The van der Waals surface area contributed by atoms with Crippen LogP contribution in [0.3, 0.4) is 0 Å². The smallest absolute Gasteiger partial charge is 0.123 e. The van der Waals surface area contributed by atoms with Crippen LogP contribution < -0.4 is 5.32 Å². The standard InChI is InChI=1S/C16H24FN3/c17-16-3-1-2-14(10-16)12-19-6-8-20(9-7-19)13-15-4-5-18-11-15/h1-3,10,15,18H,4-9,11-13H2/t15-/m1/s1. The first kappa shape index (κ1) is 14.0. The van der Waals surface area contributed by atoms with Gasteiger partial charge in [0, 0.05) is 39.3 Å². The van der Waals surface area contributed by atoms with Crippen LogP contribution in [0.5, 0.6) is 0 Å². The summed E-state index contributed by atoms with van der Waals surface area (Å²) >= 11 is 0. The van der Waals surface area contributed by atoms with Crippen molar-refractivity contribution in [2.45, 2.75) is 13.0 Å². The topological polar surface area (TPSA) is 18.5 Å². The van der Waals surface area contributed by atoms with Crippen LogP contribution in [-0.4, -0.2) is 55.6 Å². The predicted octanol–water partition coefficient (Wildman–Crippen LogP) is 1.55. The number of hydrogen-bond acceptors (Lipinski definition) is 3. The molecule has 1 N–H and O–H groups in total. The van der Waals surface area contributed by atoms with Gasteiger partial charge in [-0.1, -0.05) is 12.1 Å². The number of benzene rings is 1. The molecular weight excluding hydrogens is 253 g/mol. The minimum atomic E-state index is -0.130. The van der Waals surface area contributed by atoms with Crippen molar-refractivity contribution in [3.05, 3.63) is 35.6 Å². The number of rotatable bonds is 4. The average Bonchev–Trinajstić information content (AvgIpc) is 2.94. The van der Waals surface area contributed by atoms with E-state index in [4.69, 9.17) is 0 Å². The first-order valence-corrected chi connectivity index (χ1v) is 7.69. The number of halogens is 1. The molecule has 110 valence electrons. The number of piperazine rings is 1. The molecule has 0 saturated carbocycles. The summed E-state index contributed by atoms with van der Waals surface area (Å²) in [5.41, 5.74) is 1.08. The van der Waals surface area contributed by atoms with Crippen LogP contribution in [0, 0.1) is 11.7 Å². The Kier molecular flexibility index (Phi) is 4.65. The van der Waals surface area contributed by atoms with Gasteiger partial charge in [-0.25, -0.2) is 4.39 Å². The van der Waals surface area contributed by atoms with E-state index in [1.54, 1.807) is 12.1 Å². The quantitative estimate of drug-likeness (QED) is 0.901. The molecule has 2 fully saturated rings. The SMILES string of the molecule is Fc1cccc(CN2CCN(C[C@@H]3CCNC3)CC2)c1. The minimum absolute atomic E-state index is 0.130. The van der Waals surface area contributed by atoms with Crippen LogP contribution in [0.1, 0.15) is 12.0 Å². The van der Waals surface area contributed by atoms with Gasteiger partial charge in [-0.05, 0) is 43.1 Å². The van der Waals surface area contributed by atoms with E-state index in [2.05, 4.69) is 15.1 Å². The van der Waals surface area contributed by atoms with E-state index in [0.29, 0.717) is 0 Å². The zero-order valence-electron chi connectivity index (χ0n) is 12.0. The highest BCUT2D eigenvalue weighted by Gasteiger charge is 2.22. The van der Waals surface area contributed by atoms with Crippen molar-refractivity contribution in [3.63, 3.8) is 0 Å². The van der Waals surface area contributed by atoms with Gasteiger partial charge < -0.3 is 10.2 Å². The van der Waals surface area contributed by atoms with Crippen molar-refractivity contribution in [3.8, 4) is 0 Å². The van der Waals surface area contributed by atoms with Gasteiger partial charge in [-0.15, -0.1) is 0 Å². The van der Waals surface area contributed by atoms with Crippen LogP contribution >= 0.6 is 0 Å². The van der Waals surface area contributed by atoms with Crippen molar-refractivity contribution in [1.82, 2.24) is 15.1 Å². The minimum Gasteiger partial charge on any atom is -0.316 e. The summed E-state index contributed by atoms with van der Waals surface area (Å²) in [6.45, 7) is 8.95. The highest BCUT2D eigenvalue weighted by molar-refractivity contribution is 5.16. The van der Waals surface area contributed by atoms with Crippen LogP contribution in [-0.2, 0) is 6.54 Å². The summed E-state index contributed by atoms with van der Waals surface area (Å²) in [6.07, 6.45) is 1.32. The maximum absolute atomic E-state index is 13.2. The Balaban J connectivity index is 1.43. The third kappa shape index (κ3) is 3.78. The lowest BCUT2D eigenvalue weighted by Gasteiger charge is -2.35. The van der Waals surface area contributed by atoms with Gasteiger partial charge >= 0.3 is 0 Å². The molecule has 1 aromatic rings. The third-order valence-electron chi connectivity index (χ3n) is 4.44. The van der Waals surface area contributed by atoms with E-state index in [1.165, 1.54) is 32.1 Å². The molecule has 0 bridgehead atoms. The molecule has 4 heteroatoms. The summed E-state index contributed by atoms with van der Waals surface area (Å²) in [4.78, 5) is 5.01. The fourth-order valence-electron chi connectivity index (χ4n) is 3.26. The van der Waals surface area contributed by atoms with Crippen LogP contribution in [0.15, 0.2) is 24.3 Å². The first-order valence-electron chi connectivity index (χ1n) is 7.69. The van der Waals surface area contributed by atoms with Gasteiger partial charge in [0.05, 0.1) is 0 Å². The van der Waals surface area contributed by atoms with Crippen molar-refractivity contribution in [2.24, 2.45) is 5.92 Å². The molecule has 0 aromatic heterocycles. The molecule has 0 radical (unpaired) electrons. The Morgan fingerprint density at radius 3 is 2.65 bits per heavy atom. The van der Waals surface area contributed by atoms with Gasteiger partial charge in [-0.2, -0.15) is 0 Å². The fourth-order valence-corrected chi connectivity index (χ4v) is 3.26. The molecule has 2 saturated heterocycles. The van der Waals surface area contributed by atoms with Gasteiger partial charge in [0.15, 0.2) is 0 Å². The van der Waals surface area contributed by atoms with E-state index < -0.39 is 0 Å². The normalized spacial score (nSPS) is 25.1. The molecule has 0 unspecified atom stereocenters. The van der Waals surface area contributed by atoms with E-state index >= 15 is 0 Å². The summed E-state index contributed by atoms with van der Waals surface area (Å²) < 4.78 is 13.2. The molecule has 0 spiro atoms. The molecule has 0 aliphatic carbocycles. The van der Waals surface area contributed by atoms with Crippen molar-refractivity contribution >= 4 is 0 Å². The van der Waals surface area contributed by atoms with E-state index in [0.717, 1.165) is 44.2 Å². The summed E-state index contributed by atoms with van der Waals surface area (Å²) in [7, 11) is 0. The van der Waals surface area contributed by atoms with Crippen molar-refractivity contribution < 1.29 is 4.39 Å². The molecule has 20 heavy (non-hydrogen) atoms. The van der Waals surface area contributed by atoms with Crippen molar-refractivity contribution in [2.75, 3.05) is 45.8 Å². The van der Waals surface area contributed by atoms with Crippen molar-refractivity contribution in [1.29, 1.82) is 0 Å². The lowest BCUT2D eigenvalue weighted by Crippen LogP contribution is -2.47. The van der Waals surface area contributed by atoms with E-state index in [1.807, 2.05) is 6.07 Å². The maximum atomic E-state index is 13.2. The zero-order chi connectivity index (χ0) is 13.8. The summed E-state index contributed by atoms with van der Waals surface area (Å²) in [5, 5.41) is 3.44. The molecule has 3 nitrogen and oxygen atoms in total. The second kappa shape index (κ2) is 6.66. The highest BCUT2D eigenvalue weighted by Crippen LogP contribution is 2.13. The lowest BCUT2D eigenvalue weighted by atomic mass is 10.1. The second-order valence-corrected chi connectivity index (χ2v) is 6.07. The van der Waals surface area contributed by atoms with E-state index in [-0.39, 0.29) is 5.82 Å². The number of hydrogen-bond donors (Lipinski definition) is 1.